The van der Waals surface area contributed by atoms with Crippen molar-refractivity contribution >= 4 is 47.7 Å². The number of amides is 1. The summed E-state index contributed by atoms with van der Waals surface area (Å²) in [5, 5.41) is 6.40. The van der Waals surface area contributed by atoms with Crippen molar-refractivity contribution < 1.29 is 9.53 Å². The summed E-state index contributed by atoms with van der Waals surface area (Å²) in [5.41, 5.74) is 2.61. The first kappa shape index (κ1) is 22.0. The van der Waals surface area contributed by atoms with Gasteiger partial charge in [-0.05, 0) is 37.6 Å². The molecule has 3 aromatic rings. The van der Waals surface area contributed by atoms with Gasteiger partial charge < -0.3 is 19.8 Å². The Kier molecular flexibility index (Phi) is 6.80. The highest BCUT2D eigenvalue weighted by Gasteiger charge is 2.40. The SMILES string of the molecule is Cl.Cl.O=C(NCc1cn2ccncc2n1)c1cc2c(s1)CCOC21CCNCC1. The third-order valence-corrected chi connectivity index (χ3v) is 6.58. The zero-order valence-electron chi connectivity index (χ0n) is 15.7. The Labute approximate surface area is 185 Å². The van der Waals surface area contributed by atoms with Crippen LogP contribution in [0.3, 0.4) is 0 Å². The van der Waals surface area contributed by atoms with Crippen molar-refractivity contribution in [2.75, 3.05) is 19.7 Å². The number of aromatic nitrogens is 3. The number of rotatable bonds is 3. The zero-order valence-corrected chi connectivity index (χ0v) is 18.2. The molecule has 0 aliphatic carbocycles. The summed E-state index contributed by atoms with van der Waals surface area (Å²) in [4.78, 5) is 23.3. The maximum atomic E-state index is 12.7. The maximum absolute atomic E-state index is 12.7. The van der Waals surface area contributed by atoms with Gasteiger partial charge in [-0.2, -0.15) is 0 Å². The molecule has 1 spiro atoms. The van der Waals surface area contributed by atoms with Gasteiger partial charge in [0.1, 0.15) is 0 Å². The molecule has 5 heterocycles. The van der Waals surface area contributed by atoms with E-state index < -0.39 is 0 Å². The maximum Gasteiger partial charge on any atom is 0.261 e. The molecule has 0 saturated carbocycles. The minimum Gasteiger partial charge on any atom is -0.370 e. The van der Waals surface area contributed by atoms with Crippen molar-refractivity contribution in [2.24, 2.45) is 0 Å². The predicted octanol–water partition coefficient (Wildman–Crippen LogP) is 2.72. The number of imidazole rings is 1. The minimum atomic E-state index is -0.206. The van der Waals surface area contributed by atoms with Crippen molar-refractivity contribution in [3.63, 3.8) is 0 Å². The number of carbonyl (C=O) groups excluding carboxylic acids is 1. The smallest absolute Gasteiger partial charge is 0.261 e. The average Bonchev–Trinajstić information content (AvgIpc) is 3.32. The fraction of sp³-hybridized carbons (Fsp3) is 0.421. The summed E-state index contributed by atoms with van der Waals surface area (Å²) in [5.74, 6) is -0.0475. The molecule has 5 rings (SSSR count). The molecule has 1 saturated heterocycles. The number of nitrogens with zero attached hydrogens (tertiary/aromatic N) is 3. The lowest BCUT2D eigenvalue weighted by Crippen LogP contribution is -2.44. The van der Waals surface area contributed by atoms with Crippen LogP contribution in [0.2, 0.25) is 0 Å². The molecule has 2 N–H and O–H groups in total. The lowest BCUT2D eigenvalue weighted by molar-refractivity contribution is -0.0792. The molecule has 156 valence electrons. The average molecular weight is 456 g/mol. The number of hydrogen-bond acceptors (Lipinski definition) is 6. The fourth-order valence-corrected chi connectivity index (χ4v) is 5.16. The quantitative estimate of drug-likeness (QED) is 0.634. The molecule has 0 aromatic carbocycles. The topological polar surface area (TPSA) is 80.6 Å². The molecule has 1 amide bonds. The Morgan fingerprint density at radius 1 is 1.34 bits per heavy atom. The second-order valence-electron chi connectivity index (χ2n) is 7.05. The molecule has 2 aliphatic heterocycles. The summed E-state index contributed by atoms with van der Waals surface area (Å²) in [6.07, 6.45) is 10.00. The number of ether oxygens (including phenoxy) is 1. The van der Waals surface area contributed by atoms with Gasteiger partial charge >= 0.3 is 0 Å². The molecule has 1 fully saturated rings. The molecule has 0 radical (unpaired) electrons. The van der Waals surface area contributed by atoms with Crippen molar-refractivity contribution in [3.05, 3.63) is 51.9 Å². The summed E-state index contributed by atoms with van der Waals surface area (Å²) in [7, 11) is 0. The highest BCUT2D eigenvalue weighted by atomic mass is 35.5. The van der Waals surface area contributed by atoms with Gasteiger partial charge in [0.15, 0.2) is 5.65 Å². The van der Waals surface area contributed by atoms with Crippen LogP contribution in [0.4, 0.5) is 0 Å². The van der Waals surface area contributed by atoms with Gasteiger partial charge in [-0.25, -0.2) is 4.98 Å². The predicted molar refractivity (Wildman–Crippen MR) is 116 cm³/mol. The zero-order chi connectivity index (χ0) is 18.3. The van der Waals surface area contributed by atoms with Crippen LogP contribution in [-0.2, 0) is 23.3 Å². The number of piperidine rings is 1. The monoisotopic (exact) mass is 455 g/mol. The molecule has 29 heavy (non-hydrogen) atoms. The van der Waals surface area contributed by atoms with Crippen LogP contribution < -0.4 is 10.6 Å². The highest BCUT2D eigenvalue weighted by Crippen LogP contribution is 2.43. The first-order valence-electron chi connectivity index (χ1n) is 9.27. The Balaban J connectivity index is 0.00000120. The summed E-state index contributed by atoms with van der Waals surface area (Å²) in [6.45, 7) is 3.05. The van der Waals surface area contributed by atoms with Gasteiger partial charge in [0.05, 0.1) is 35.5 Å². The van der Waals surface area contributed by atoms with Gasteiger partial charge in [0.25, 0.3) is 5.91 Å². The van der Waals surface area contributed by atoms with E-state index in [9.17, 15) is 4.79 Å². The van der Waals surface area contributed by atoms with E-state index in [2.05, 4.69) is 20.6 Å². The van der Waals surface area contributed by atoms with Crippen molar-refractivity contribution in [1.29, 1.82) is 0 Å². The van der Waals surface area contributed by atoms with Crippen LogP contribution in [0.1, 0.15) is 38.6 Å². The van der Waals surface area contributed by atoms with Crippen LogP contribution in [0, 0.1) is 0 Å². The van der Waals surface area contributed by atoms with Crippen LogP contribution in [-0.4, -0.2) is 40.0 Å². The van der Waals surface area contributed by atoms with E-state index in [0.717, 1.165) is 55.2 Å². The standard InChI is InChI=1S/C19H21N5O2S.2ClH/c25-18(22-10-13-12-24-7-6-21-11-17(24)23-13)16-9-14-15(27-16)1-8-26-19(14)2-4-20-5-3-19;;/h6-7,9,11-12,20H,1-5,8,10H2,(H,22,25);2*1H. The number of carbonyl (C=O) groups is 1. The van der Waals surface area contributed by atoms with Gasteiger partial charge in [-0.15, -0.1) is 36.2 Å². The van der Waals surface area contributed by atoms with Crippen molar-refractivity contribution in [1.82, 2.24) is 25.0 Å². The number of halogens is 2. The molecule has 7 nitrogen and oxygen atoms in total. The Bertz CT molecular complexity index is 967. The van der Waals surface area contributed by atoms with Crippen LogP contribution in [0.15, 0.2) is 30.9 Å². The highest BCUT2D eigenvalue weighted by molar-refractivity contribution is 7.14. The molecule has 0 atom stereocenters. The molecule has 3 aromatic heterocycles. The largest absolute Gasteiger partial charge is 0.370 e. The fourth-order valence-electron chi connectivity index (χ4n) is 4.01. The molecule has 0 unspecified atom stereocenters. The summed E-state index contributed by atoms with van der Waals surface area (Å²) < 4.78 is 8.10. The molecule has 2 aliphatic rings. The third kappa shape index (κ3) is 4.13. The van der Waals surface area contributed by atoms with Crippen LogP contribution in [0.5, 0.6) is 0 Å². The Morgan fingerprint density at radius 2 is 2.17 bits per heavy atom. The number of nitrogens with one attached hydrogen (secondary N) is 2. The number of hydrogen-bond donors (Lipinski definition) is 2. The van der Waals surface area contributed by atoms with E-state index in [1.165, 1.54) is 10.4 Å². The summed E-state index contributed by atoms with van der Waals surface area (Å²) >= 11 is 1.60. The lowest BCUT2D eigenvalue weighted by Gasteiger charge is -2.40. The van der Waals surface area contributed by atoms with Crippen LogP contribution in [0.25, 0.3) is 5.65 Å². The van der Waals surface area contributed by atoms with Crippen molar-refractivity contribution in [2.45, 2.75) is 31.4 Å². The number of fused-ring (bicyclic) bond motifs is 3. The normalized spacial score (nSPS) is 17.2. The van der Waals surface area contributed by atoms with E-state index >= 15 is 0 Å². The van der Waals surface area contributed by atoms with E-state index in [-0.39, 0.29) is 36.3 Å². The molecule has 0 bridgehead atoms. The van der Waals surface area contributed by atoms with E-state index in [1.807, 2.05) is 22.9 Å². The third-order valence-electron chi connectivity index (χ3n) is 5.39. The molecular formula is C19H23Cl2N5O2S. The van der Waals surface area contributed by atoms with Crippen LogP contribution >= 0.6 is 36.2 Å². The second kappa shape index (κ2) is 8.97. The van der Waals surface area contributed by atoms with Gasteiger partial charge in [0, 0.05) is 29.9 Å². The molecular weight excluding hydrogens is 433 g/mol. The molecule has 10 heteroatoms. The Morgan fingerprint density at radius 3 is 2.97 bits per heavy atom. The first-order valence-corrected chi connectivity index (χ1v) is 10.1. The van der Waals surface area contributed by atoms with E-state index in [4.69, 9.17) is 4.74 Å². The first-order chi connectivity index (χ1) is 13.2. The lowest BCUT2D eigenvalue weighted by atomic mass is 9.83. The second-order valence-corrected chi connectivity index (χ2v) is 8.18. The van der Waals surface area contributed by atoms with Gasteiger partial charge in [0.2, 0.25) is 0 Å². The summed E-state index contributed by atoms with van der Waals surface area (Å²) in [6, 6.07) is 2.05. The Hall–Kier alpha value is -1.71. The van der Waals surface area contributed by atoms with Crippen molar-refractivity contribution in [3.8, 4) is 0 Å². The van der Waals surface area contributed by atoms with Gasteiger partial charge in [-0.1, -0.05) is 0 Å². The van der Waals surface area contributed by atoms with E-state index in [0.29, 0.717) is 6.54 Å². The number of thiophene rings is 1. The van der Waals surface area contributed by atoms with Gasteiger partial charge in [-0.3, -0.25) is 9.78 Å². The minimum absolute atomic E-state index is 0. The van der Waals surface area contributed by atoms with E-state index in [1.54, 1.807) is 23.7 Å².